The van der Waals surface area contributed by atoms with Gasteiger partial charge >= 0.3 is 5.76 Å². The van der Waals surface area contributed by atoms with Crippen LogP contribution in [0.2, 0.25) is 10.0 Å². The maximum atomic E-state index is 13.4. The maximum absolute atomic E-state index is 13.4. The first-order valence-electron chi connectivity index (χ1n) is 7.14. The van der Waals surface area contributed by atoms with E-state index >= 15 is 0 Å². The molecule has 0 aliphatic heterocycles. The van der Waals surface area contributed by atoms with Crippen LogP contribution >= 0.6 is 23.2 Å². The molecule has 2 rings (SSSR count). The second-order valence-corrected chi connectivity index (χ2v) is 8.31. The van der Waals surface area contributed by atoms with E-state index in [0.717, 1.165) is 24.3 Å². The molecule has 0 unspecified atom stereocenters. The molecule has 0 saturated heterocycles. The van der Waals surface area contributed by atoms with Gasteiger partial charge in [-0.2, -0.15) is 8.78 Å². The van der Waals surface area contributed by atoms with E-state index in [1.807, 2.05) is 0 Å². The lowest BCUT2D eigenvalue weighted by Gasteiger charge is -2.18. The second kappa shape index (κ2) is 8.04. The zero-order chi connectivity index (χ0) is 19.6. The van der Waals surface area contributed by atoms with Gasteiger partial charge < -0.3 is 9.64 Å². The van der Waals surface area contributed by atoms with E-state index < -0.39 is 26.3 Å². The summed E-state index contributed by atoms with van der Waals surface area (Å²) in [4.78, 5) is 0.977. The lowest BCUT2D eigenvalue weighted by Crippen LogP contribution is -2.18. The molecule has 0 fully saturated rings. The number of hydrogen-bond acceptors (Lipinski definition) is 4. The average Bonchev–Trinajstić information content (AvgIpc) is 2.49. The molecule has 0 bridgehead atoms. The first-order chi connectivity index (χ1) is 12.0. The van der Waals surface area contributed by atoms with E-state index in [1.165, 1.54) is 6.07 Å². The van der Waals surface area contributed by atoms with Crippen molar-refractivity contribution in [1.82, 2.24) is 4.90 Å². The zero-order valence-electron chi connectivity index (χ0n) is 13.6. The summed E-state index contributed by atoms with van der Waals surface area (Å²) in [7, 11) is -1.62. The Morgan fingerprint density at radius 2 is 1.81 bits per heavy atom. The minimum absolute atomic E-state index is 0.0154. The van der Waals surface area contributed by atoms with Gasteiger partial charge in [-0.05, 0) is 38.4 Å². The van der Waals surface area contributed by atoms with E-state index in [4.69, 9.17) is 27.9 Å². The molecule has 0 amide bonds. The Morgan fingerprint density at radius 1 is 1.15 bits per heavy atom. The summed E-state index contributed by atoms with van der Waals surface area (Å²) in [6.07, 6.45) is 0. The van der Waals surface area contributed by atoms with E-state index in [-0.39, 0.29) is 33.7 Å². The topological polar surface area (TPSA) is 46.6 Å². The molecule has 10 heteroatoms. The van der Waals surface area contributed by atoms with Gasteiger partial charge in [-0.25, -0.2) is 12.8 Å². The van der Waals surface area contributed by atoms with E-state index in [9.17, 15) is 21.6 Å². The summed E-state index contributed by atoms with van der Waals surface area (Å²) in [5.74, 6) is -4.22. The van der Waals surface area contributed by atoms with Crippen molar-refractivity contribution in [1.29, 1.82) is 0 Å². The smallest absolute Gasteiger partial charge is 0.341 e. The Morgan fingerprint density at radius 3 is 2.35 bits per heavy atom. The molecular weight excluding hydrogens is 414 g/mol. The maximum Gasteiger partial charge on any atom is 0.341 e. The molecule has 2 aromatic rings. The van der Waals surface area contributed by atoms with Crippen molar-refractivity contribution >= 4 is 33.0 Å². The lowest BCUT2D eigenvalue weighted by atomic mass is 10.2. The average molecular weight is 428 g/mol. The summed E-state index contributed by atoms with van der Waals surface area (Å²) in [6, 6.07) is 5.58. The monoisotopic (exact) mass is 427 g/mol. The largest absolute Gasteiger partial charge is 0.456 e. The first-order valence-corrected chi connectivity index (χ1v) is 9.44. The zero-order valence-corrected chi connectivity index (χ0v) is 16.0. The normalized spacial score (nSPS) is 12.0. The van der Waals surface area contributed by atoms with Gasteiger partial charge in [-0.15, -0.1) is 0 Å². The molecular formula is C16H14Cl2F3NO3S. The Labute approximate surface area is 159 Å². The van der Waals surface area contributed by atoms with Crippen LogP contribution in [0.5, 0.6) is 11.5 Å². The van der Waals surface area contributed by atoms with Crippen LogP contribution in [0, 0.1) is 5.82 Å². The van der Waals surface area contributed by atoms with E-state index in [2.05, 4.69) is 0 Å². The highest BCUT2D eigenvalue weighted by Gasteiger charge is 2.31. The molecule has 0 saturated carbocycles. The number of nitrogens with zero attached hydrogens (tertiary/aromatic N) is 1. The van der Waals surface area contributed by atoms with Crippen LogP contribution in [0.4, 0.5) is 13.2 Å². The van der Waals surface area contributed by atoms with Crippen molar-refractivity contribution in [3.05, 3.63) is 51.8 Å². The van der Waals surface area contributed by atoms with Crippen LogP contribution < -0.4 is 4.74 Å². The summed E-state index contributed by atoms with van der Waals surface area (Å²) in [5, 5.41) is -0.0812. The number of alkyl halides is 2. The molecule has 142 valence electrons. The third kappa shape index (κ3) is 4.62. The number of benzene rings is 2. The molecule has 0 radical (unpaired) electrons. The van der Waals surface area contributed by atoms with Crippen molar-refractivity contribution in [3.63, 3.8) is 0 Å². The minimum atomic E-state index is -4.86. The van der Waals surface area contributed by atoms with Gasteiger partial charge in [0.1, 0.15) is 17.3 Å². The number of halogens is 5. The van der Waals surface area contributed by atoms with Gasteiger partial charge in [0.2, 0.25) is 9.84 Å². The Hall–Kier alpha value is -1.48. The molecule has 26 heavy (non-hydrogen) atoms. The third-order valence-corrected chi connectivity index (χ3v) is 5.34. The lowest BCUT2D eigenvalue weighted by molar-refractivity contribution is 0.234. The van der Waals surface area contributed by atoms with Crippen molar-refractivity contribution in [2.75, 3.05) is 14.1 Å². The molecule has 0 spiro atoms. The summed E-state index contributed by atoms with van der Waals surface area (Å²) in [6.45, 7) is -0.0266. The highest BCUT2D eigenvalue weighted by Crippen LogP contribution is 2.38. The summed E-state index contributed by atoms with van der Waals surface area (Å²) >= 11 is 12.0. The quantitative estimate of drug-likeness (QED) is 0.651. The summed E-state index contributed by atoms with van der Waals surface area (Å²) < 4.78 is 68.6. The predicted octanol–water partition coefficient (Wildman–Crippen LogP) is 4.98. The SMILES string of the molecule is CN(C)Cc1c(S(=O)(=O)C(F)F)ccc(Oc2cc(F)cc(Cl)c2)c1Cl. The van der Waals surface area contributed by atoms with Crippen LogP contribution in [0.3, 0.4) is 0 Å². The number of hydrogen-bond donors (Lipinski definition) is 0. The number of rotatable bonds is 6. The minimum Gasteiger partial charge on any atom is -0.456 e. The Kier molecular flexibility index (Phi) is 6.44. The van der Waals surface area contributed by atoms with Crippen molar-refractivity contribution < 1.29 is 26.3 Å². The number of ether oxygens (including phenoxy) is 1. The fourth-order valence-electron chi connectivity index (χ4n) is 2.20. The van der Waals surface area contributed by atoms with Crippen LogP contribution in [-0.4, -0.2) is 33.2 Å². The standard InChI is InChI=1S/C16H14Cl2F3NO3S/c1-22(2)8-12-14(26(23,24)16(20)21)4-3-13(15(12)18)25-11-6-9(17)5-10(19)7-11/h3-7,16H,8H2,1-2H3. The second-order valence-electron chi connectivity index (χ2n) is 5.61. The van der Waals surface area contributed by atoms with Crippen LogP contribution in [0.25, 0.3) is 0 Å². The van der Waals surface area contributed by atoms with E-state index in [1.54, 1.807) is 19.0 Å². The van der Waals surface area contributed by atoms with E-state index in [0.29, 0.717) is 0 Å². The van der Waals surface area contributed by atoms with Gasteiger partial charge in [-0.3, -0.25) is 0 Å². The molecule has 0 heterocycles. The molecule has 0 aromatic heterocycles. The molecule has 4 nitrogen and oxygen atoms in total. The molecule has 2 aromatic carbocycles. The molecule has 0 atom stereocenters. The number of sulfone groups is 1. The summed E-state index contributed by atoms with van der Waals surface area (Å²) in [5.41, 5.74) is -0.0445. The fourth-order valence-corrected chi connectivity index (χ4v) is 3.69. The molecule has 0 N–H and O–H groups in total. The van der Waals surface area contributed by atoms with Crippen molar-refractivity contribution in [2.24, 2.45) is 0 Å². The molecule has 0 aliphatic carbocycles. The van der Waals surface area contributed by atoms with Crippen molar-refractivity contribution in [3.8, 4) is 11.5 Å². The highest BCUT2D eigenvalue weighted by atomic mass is 35.5. The van der Waals surface area contributed by atoms with Crippen LogP contribution in [-0.2, 0) is 16.4 Å². The predicted molar refractivity (Wildman–Crippen MR) is 93.5 cm³/mol. The van der Waals surface area contributed by atoms with Crippen molar-refractivity contribution in [2.45, 2.75) is 17.2 Å². The third-order valence-electron chi connectivity index (χ3n) is 3.24. The van der Waals surface area contributed by atoms with Gasteiger partial charge in [0.15, 0.2) is 0 Å². The van der Waals surface area contributed by atoms with Crippen LogP contribution in [0.15, 0.2) is 35.2 Å². The molecule has 0 aliphatic rings. The highest BCUT2D eigenvalue weighted by molar-refractivity contribution is 7.91. The van der Waals surface area contributed by atoms with Gasteiger partial charge in [0.05, 0.1) is 9.92 Å². The first kappa shape index (κ1) is 20.8. The Balaban J connectivity index is 2.56. The Bertz CT molecular complexity index is 901. The fraction of sp³-hybridized carbons (Fsp3) is 0.250. The van der Waals surface area contributed by atoms with Gasteiger partial charge in [-0.1, -0.05) is 23.2 Å². The van der Waals surface area contributed by atoms with Gasteiger partial charge in [0, 0.05) is 23.2 Å². The van der Waals surface area contributed by atoms with Crippen LogP contribution in [0.1, 0.15) is 5.56 Å². The van der Waals surface area contributed by atoms with Gasteiger partial charge in [0.25, 0.3) is 0 Å².